The highest BCUT2D eigenvalue weighted by Gasteiger charge is 2.37. The van der Waals surface area contributed by atoms with Gasteiger partial charge in [0.1, 0.15) is 6.04 Å². The van der Waals surface area contributed by atoms with Crippen LogP contribution in [0.25, 0.3) is 5.69 Å². The molecular formula is C16H20N4O3S. The summed E-state index contributed by atoms with van der Waals surface area (Å²) in [5, 5.41) is 6.98. The molecule has 1 N–H and O–H groups in total. The number of nitrogens with zero attached hydrogens (tertiary/aromatic N) is 3. The second-order valence-electron chi connectivity index (χ2n) is 5.66. The number of hydrogen-bond donors (Lipinski definition) is 1. The molecule has 0 bridgehead atoms. The number of hydrogen-bond acceptors (Lipinski definition) is 4. The predicted octanol–water partition coefficient (Wildman–Crippen LogP) is 1.62. The van der Waals surface area contributed by atoms with Crippen molar-refractivity contribution in [2.24, 2.45) is 0 Å². The Morgan fingerprint density at radius 2 is 2.21 bits per heavy atom. The van der Waals surface area contributed by atoms with E-state index in [0.29, 0.717) is 25.1 Å². The third-order valence-corrected chi connectivity index (χ3v) is 5.99. The molecule has 8 heteroatoms. The van der Waals surface area contributed by atoms with E-state index >= 15 is 0 Å². The summed E-state index contributed by atoms with van der Waals surface area (Å²) in [5.74, 6) is -0.284. The van der Waals surface area contributed by atoms with Crippen LogP contribution in [0.5, 0.6) is 0 Å². The molecule has 1 saturated heterocycles. The van der Waals surface area contributed by atoms with Gasteiger partial charge in [-0.1, -0.05) is 6.07 Å². The Kier molecular flexibility index (Phi) is 4.68. The number of benzene rings is 1. The Hall–Kier alpha value is -2.19. The number of aromatic nitrogens is 2. The average Bonchev–Trinajstić information content (AvgIpc) is 3.27. The van der Waals surface area contributed by atoms with Gasteiger partial charge in [-0.25, -0.2) is 13.1 Å². The molecule has 0 aliphatic carbocycles. The molecule has 3 rings (SSSR count). The molecule has 0 spiro atoms. The summed E-state index contributed by atoms with van der Waals surface area (Å²) >= 11 is 0. The van der Waals surface area contributed by atoms with Crippen molar-refractivity contribution in [2.45, 2.75) is 25.8 Å². The zero-order chi connectivity index (χ0) is 17.2. The molecule has 24 heavy (non-hydrogen) atoms. The van der Waals surface area contributed by atoms with Crippen LogP contribution in [0.15, 0.2) is 42.7 Å². The van der Waals surface area contributed by atoms with Crippen LogP contribution in [-0.4, -0.2) is 46.8 Å². The molecule has 1 aromatic heterocycles. The van der Waals surface area contributed by atoms with Crippen LogP contribution in [0.2, 0.25) is 0 Å². The Bertz CT molecular complexity index is 818. The third kappa shape index (κ3) is 3.34. The van der Waals surface area contributed by atoms with Crippen molar-refractivity contribution >= 4 is 21.6 Å². The second-order valence-corrected chi connectivity index (χ2v) is 7.87. The number of nitrogens with one attached hydrogen (secondary N) is 1. The van der Waals surface area contributed by atoms with Gasteiger partial charge >= 0.3 is 0 Å². The quantitative estimate of drug-likeness (QED) is 0.890. The first-order valence-corrected chi connectivity index (χ1v) is 9.52. The van der Waals surface area contributed by atoms with E-state index in [2.05, 4.69) is 10.4 Å². The summed E-state index contributed by atoms with van der Waals surface area (Å²) in [6.07, 6.45) is 4.74. The fourth-order valence-electron chi connectivity index (χ4n) is 2.87. The lowest BCUT2D eigenvalue weighted by molar-refractivity contribution is -0.119. The van der Waals surface area contributed by atoms with Gasteiger partial charge in [0, 0.05) is 24.6 Å². The van der Waals surface area contributed by atoms with Crippen molar-refractivity contribution in [3.63, 3.8) is 0 Å². The molecule has 1 unspecified atom stereocenters. The van der Waals surface area contributed by atoms with Crippen LogP contribution >= 0.6 is 0 Å². The van der Waals surface area contributed by atoms with E-state index in [0.717, 1.165) is 5.69 Å². The predicted molar refractivity (Wildman–Crippen MR) is 91.4 cm³/mol. The molecule has 1 atom stereocenters. The van der Waals surface area contributed by atoms with Crippen molar-refractivity contribution in [2.75, 3.05) is 17.6 Å². The van der Waals surface area contributed by atoms with E-state index in [9.17, 15) is 13.2 Å². The van der Waals surface area contributed by atoms with Crippen LogP contribution < -0.4 is 5.32 Å². The van der Waals surface area contributed by atoms with Gasteiger partial charge in [0.2, 0.25) is 15.9 Å². The molecule has 1 aliphatic heterocycles. The van der Waals surface area contributed by atoms with Gasteiger partial charge in [-0.3, -0.25) is 4.79 Å². The van der Waals surface area contributed by atoms with Crippen LogP contribution in [0.3, 0.4) is 0 Å². The van der Waals surface area contributed by atoms with E-state index in [1.54, 1.807) is 29.9 Å². The summed E-state index contributed by atoms with van der Waals surface area (Å²) < 4.78 is 27.2. The van der Waals surface area contributed by atoms with Crippen LogP contribution in [-0.2, 0) is 14.8 Å². The molecular weight excluding hydrogens is 328 g/mol. The Morgan fingerprint density at radius 1 is 1.38 bits per heavy atom. The van der Waals surface area contributed by atoms with Crippen molar-refractivity contribution < 1.29 is 13.2 Å². The number of anilines is 1. The van der Waals surface area contributed by atoms with Gasteiger partial charge in [0.05, 0.1) is 11.4 Å². The number of rotatable bonds is 5. The maximum Gasteiger partial charge on any atom is 0.242 e. The molecule has 1 aromatic carbocycles. The molecule has 1 amide bonds. The van der Waals surface area contributed by atoms with Crippen molar-refractivity contribution in [3.05, 3.63) is 42.7 Å². The molecule has 2 heterocycles. The lowest BCUT2D eigenvalue weighted by Gasteiger charge is -2.22. The average molecular weight is 348 g/mol. The van der Waals surface area contributed by atoms with Crippen LogP contribution in [0.4, 0.5) is 5.69 Å². The first kappa shape index (κ1) is 16.7. The van der Waals surface area contributed by atoms with Crippen molar-refractivity contribution in [3.8, 4) is 5.69 Å². The maximum absolute atomic E-state index is 12.5. The molecule has 0 saturated carbocycles. The maximum atomic E-state index is 12.5. The van der Waals surface area contributed by atoms with Gasteiger partial charge in [-0.2, -0.15) is 9.40 Å². The zero-order valence-corrected chi connectivity index (χ0v) is 14.2. The molecule has 0 radical (unpaired) electrons. The lowest BCUT2D eigenvalue weighted by atomic mass is 10.2. The highest BCUT2D eigenvalue weighted by molar-refractivity contribution is 7.89. The fraction of sp³-hybridized carbons (Fsp3) is 0.375. The monoisotopic (exact) mass is 348 g/mol. The summed E-state index contributed by atoms with van der Waals surface area (Å²) in [7, 11) is -3.37. The second kappa shape index (κ2) is 6.74. The van der Waals surface area contributed by atoms with Crippen molar-refractivity contribution in [1.29, 1.82) is 0 Å². The highest BCUT2D eigenvalue weighted by Crippen LogP contribution is 2.23. The molecule has 2 aromatic rings. The number of sulfonamides is 1. The first-order valence-electron chi connectivity index (χ1n) is 7.92. The summed E-state index contributed by atoms with van der Waals surface area (Å²) in [6.45, 7) is 2.00. The van der Waals surface area contributed by atoms with Gasteiger partial charge in [-0.05, 0) is 44.0 Å². The van der Waals surface area contributed by atoms with E-state index < -0.39 is 16.1 Å². The molecule has 1 aliphatic rings. The summed E-state index contributed by atoms with van der Waals surface area (Å²) in [5.41, 5.74) is 1.44. The Balaban J connectivity index is 1.76. The topological polar surface area (TPSA) is 84.3 Å². The Labute approximate surface area is 141 Å². The van der Waals surface area contributed by atoms with Gasteiger partial charge < -0.3 is 5.32 Å². The Morgan fingerprint density at radius 3 is 2.92 bits per heavy atom. The molecule has 128 valence electrons. The number of carbonyl (C=O) groups excluding carboxylic acids is 1. The van der Waals surface area contributed by atoms with E-state index in [1.165, 1.54) is 4.31 Å². The summed E-state index contributed by atoms with van der Waals surface area (Å²) in [4.78, 5) is 12.5. The van der Waals surface area contributed by atoms with E-state index in [1.807, 2.05) is 24.4 Å². The zero-order valence-electron chi connectivity index (χ0n) is 13.4. The van der Waals surface area contributed by atoms with Gasteiger partial charge in [0.25, 0.3) is 0 Å². The minimum atomic E-state index is -3.37. The standard InChI is InChI=1S/C16H20N4O3S/c1-2-24(22,23)20-11-4-8-15(20)16(21)18-13-6-3-7-14(12-13)19-10-5-9-17-19/h3,5-7,9-10,12,15H,2,4,8,11H2,1H3,(H,18,21). The van der Waals surface area contributed by atoms with Gasteiger partial charge in [-0.15, -0.1) is 0 Å². The van der Waals surface area contributed by atoms with E-state index in [4.69, 9.17) is 0 Å². The van der Waals surface area contributed by atoms with Crippen LogP contribution in [0.1, 0.15) is 19.8 Å². The van der Waals surface area contributed by atoms with Gasteiger partial charge in [0.15, 0.2) is 0 Å². The number of amides is 1. The fourth-order valence-corrected chi connectivity index (χ4v) is 4.20. The SMILES string of the molecule is CCS(=O)(=O)N1CCCC1C(=O)Nc1cccc(-n2cccn2)c1. The smallest absolute Gasteiger partial charge is 0.242 e. The largest absolute Gasteiger partial charge is 0.325 e. The third-order valence-electron chi connectivity index (χ3n) is 4.11. The highest BCUT2D eigenvalue weighted by atomic mass is 32.2. The molecule has 1 fully saturated rings. The van der Waals surface area contributed by atoms with Crippen LogP contribution in [0, 0.1) is 0 Å². The lowest BCUT2D eigenvalue weighted by Crippen LogP contribution is -2.43. The van der Waals surface area contributed by atoms with Crippen molar-refractivity contribution in [1.82, 2.24) is 14.1 Å². The number of carbonyl (C=O) groups is 1. The minimum absolute atomic E-state index is 0.00552. The summed E-state index contributed by atoms with van der Waals surface area (Å²) in [6, 6.07) is 8.46. The normalized spacial score (nSPS) is 18.6. The minimum Gasteiger partial charge on any atom is -0.325 e. The molecule has 7 nitrogen and oxygen atoms in total. The van der Waals surface area contributed by atoms with E-state index in [-0.39, 0.29) is 11.7 Å². The first-order chi connectivity index (χ1) is 11.5.